The van der Waals surface area contributed by atoms with Crippen molar-refractivity contribution in [1.29, 1.82) is 0 Å². The van der Waals surface area contributed by atoms with Crippen LogP contribution < -0.4 is 5.32 Å². The van der Waals surface area contributed by atoms with E-state index in [1.54, 1.807) is 18.7 Å². The van der Waals surface area contributed by atoms with Gasteiger partial charge in [-0.05, 0) is 27.7 Å². The average Bonchev–Trinajstić information content (AvgIpc) is 2.48. The van der Waals surface area contributed by atoms with Gasteiger partial charge in [-0.25, -0.2) is 4.79 Å². The first-order valence-corrected chi connectivity index (χ1v) is 6.25. The molecule has 1 rings (SSSR count). The minimum absolute atomic E-state index is 0.227. The monoisotopic (exact) mass is 267 g/mol. The zero-order chi connectivity index (χ0) is 14.8. The lowest BCUT2D eigenvalue weighted by Gasteiger charge is -2.23. The van der Waals surface area contributed by atoms with Gasteiger partial charge in [0.05, 0.1) is 0 Å². The van der Waals surface area contributed by atoms with E-state index >= 15 is 0 Å². The van der Waals surface area contributed by atoms with Crippen molar-refractivity contribution in [3.8, 4) is 0 Å². The number of hydrogen-bond acceptors (Lipinski definition) is 3. The standard InChI is InChI=1S/C13H21N3O3/c1-6-15(7-9(2)3)10(17)8-16-11(18)13(4,5)14-12(16)19/h2,6-8H2,1,3-5H3,(H,14,19). The van der Waals surface area contributed by atoms with Crippen molar-refractivity contribution in [3.63, 3.8) is 0 Å². The van der Waals surface area contributed by atoms with Crippen molar-refractivity contribution in [2.45, 2.75) is 33.2 Å². The molecule has 1 heterocycles. The molecule has 0 bridgehead atoms. The van der Waals surface area contributed by atoms with Crippen molar-refractivity contribution in [2.24, 2.45) is 0 Å². The third kappa shape index (κ3) is 3.33. The van der Waals surface area contributed by atoms with Gasteiger partial charge in [0.1, 0.15) is 12.1 Å². The molecule has 1 fully saturated rings. The fourth-order valence-corrected chi connectivity index (χ4v) is 1.90. The summed E-state index contributed by atoms with van der Waals surface area (Å²) in [5.41, 5.74) is -0.0873. The molecule has 1 aliphatic rings. The van der Waals surface area contributed by atoms with Crippen LogP contribution >= 0.6 is 0 Å². The maximum Gasteiger partial charge on any atom is 0.325 e. The van der Waals surface area contributed by atoms with Crippen LogP contribution in [0.3, 0.4) is 0 Å². The molecule has 4 amide bonds. The Kier molecular flexibility index (Phi) is 4.34. The topological polar surface area (TPSA) is 69.7 Å². The number of carbonyl (C=O) groups is 3. The maximum atomic E-state index is 12.1. The van der Waals surface area contributed by atoms with Gasteiger partial charge >= 0.3 is 6.03 Å². The van der Waals surface area contributed by atoms with Crippen LogP contribution in [0.2, 0.25) is 0 Å². The molecule has 0 aromatic heterocycles. The number of amides is 4. The first kappa shape index (κ1) is 15.2. The van der Waals surface area contributed by atoms with Crippen LogP contribution in [0.25, 0.3) is 0 Å². The van der Waals surface area contributed by atoms with Crippen molar-refractivity contribution in [1.82, 2.24) is 15.1 Å². The molecule has 6 nitrogen and oxygen atoms in total. The van der Waals surface area contributed by atoms with Gasteiger partial charge < -0.3 is 10.2 Å². The van der Waals surface area contributed by atoms with Gasteiger partial charge in [-0.1, -0.05) is 12.2 Å². The molecule has 1 saturated heterocycles. The Morgan fingerprint density at radius 1 is 1.42 bits per heavy atom. The van der Waals surface area contributed by atoms with Crippen LogP contribution in [0.15, 0.2) is 12.2 Å². The lowest BCUT2D eigenvalue weighted by atomic mass is 10.1. The zero-order valence-electron chi connectivity index (χ0n) is 11.9. The summed E-state index contributed by atoms with van der Waals surface area (Å²) in [5, 5.41) is 2.55. The fraction of sp³-hybridized carbons (Fsp3) is 0.615. The lowest BCUT2D eigenvalue weighted by molar-refractivity contribution is -0.138. The number of urea groups is 1. The molecule has 0 unspecified atom stereocenters. The summed E-state index contributed by atoms with van der Waals surface area (Å²) in [6.45, 7) is 11.4. The quantitative estimate of drug-likeness (QED) is 0.590. The summed E-state index contributed by atoms with van der Waals surface area (Å²) >= 11 is 0. The van der Waals surface area contributed by atoms with E-state index in [0.29, 0.717) is 13.1 Å². The number of hydrogen-bond donors (Lipinski definition) is 1. The predicted octanol–water partition coefficient (Wildman–Crippen LogP) is 0.741. The van der Waals surface area contributed by atoms with Gasteiger partial charge in [-0.15, -0.1) is 0 Å². The van der Waals surface area contributed by atoms with E-state index in [-0.39, 0.29) is 18.4 Å². The first-order valence-electron chi connectivity index (χ1n) is 6.25. The van der Waals surface area contributed by atoms with Crippen LogP contribution in [-0.4, -0.2) is 52.8 Å². The van der Waals surface area contributed by atoms with E-state index in [9.17, 15) is 14.4 Å². The summed E-state index contributed by atoms with van der Waals surface area (Å²) in [6.07, 6.45) is 0. The van der Waals surface area contributed by atoms with E-state index in [2.05, 4.69) is 11.9 Å². The lowest BCUT2D eigenvalue weighted by Crippen LogP contribution is -2.44. The zero-order valence-corrected chi connectivity index (χ0v) is 11.9. The Morgan fingerprint density at radius 2 is 2.00 bits per heavy atom. The largest absolute Gasteiger partial charge is 0.337 e. The Labute approximate surface area is 113 Å². The summed E-state index contributed by atoms with van der Waals surface area (Å²) < 4.78 is 0. The van der Waals surface area contributed by atoms with Gasteiger partial charge in [-0.3, -0.25) is 14.5 Å². The number of rotatable bonds is 5. The minimum Gasteiger partial charge on any atom is -0.337 e. The maximum absolute atomic E-state index is 12.1. The molecule has 19 heavy (non-hydrogen) atoms. The second kappa shape index (κ2) is 5.42. The van der Waals surface area contributed by atoms with E-state index < -0.39 is 11.6 Å². The third-order valence-corrected chi connectivity index (χ3v) is 2.93. The molecule has 0 aliphatic carbocycles. The van der Waals surface area contributed by atoms with Crippen molar-refractivity contribution < 1.29 is 14.4 Å². The smallest absolute Gasteiger partial charge is 0.325 e. The molecule has 0 saturated carbocycles. The molecule has 0 radical (unpaired) electrons. The molecule has 0 aromatic carbocycles. The molecular formula is C13H21N3O3. The van der Waals surface area contributed by atoms with Gasteiger partial charge in [-0.2, -0.15) is 0 Å². The second-order valence-corrected chi connectivity index (χ2v) is 5.31. The molecule has 0 spiro atoms. The summed E-state index contributed by atoms with van der Waals surface area (Å²) in [6, 6.07) is -0.519. The fourth-order valence-electron chi connectivity index (χ4n) is 1.90. The van der Waals surface area contributed by atoms with Crippen LogP contribution in [-0.2, 0) is 9.59 Å². The highest BCUT2D eigenvalue weighted by atomic mass is 16.2. The number of nitrogens with zero attached hydrogens (tertiary/aromatic N) is 2. The highest BCUT2D eigenvalue weighted by Gasteiger charge is 2.45. The SMILES string of the molecule is C=C(C)CN(CC)C(=O)CN1C(=O)NC(C)(C)C1=O. The summed E-state index contributed by atoms with van der Waals surface area (Å²) in [7, 11) is 0. The second-order valence-electron chi connectivity index (χ2n) is 5.31. The Hall–Kier alpha value is -1.85. The Bertz CT molecular complexity index is 429. The highest BCUT2D eigenvalue weighted by Crippen LogP contribution is 2.16. The third-order valence-electron chi connectivity index (χ3n) is 2.93. The Balaban J connectivity index is 2.74. The van der Waals surface area contributed by atoms with Crippen LogP contribution in [0.1, 0.15) is 27.7 Å². The molecule has 106 valence electrons. The van der Waals surface area contributed by atoms with E-state index in [0.717, 1.165) is 10.5 Å². The molecule has 6 heteroatoms. The van der Waals surface area contributed by atoms with Crippen LogP contribution in [0.5, 0.6) is 0 Å². The average molecular weight is 267 g/mol. The molecular weight excluding hydrogens is 246 g/mol. The van der Waals surface area contributed by atoms with Gasteiger partial charge in [0.15, 0.2) is 0 Å². The summed E-state index contributed by atoms with van der Waals surface area (Å²) in [5.74, 6) is -0.635. The van der Waals surface area contributed by atoms with E-state index in [1.807, 2.05) is 13.8 Å². The van der Waals surface area contributed by atoms with Crippen molar-refractivity contribution in [2.75, 3.05) is 19.6 Å². The van der Waals surface area contributed by atoms with Crippen molar-refractivity contribution >= 4 is 17.8 Å². The number of nitrogens with one attached hydrogen (secondary N) is 1. The van der Waals surface area contributed by atoms with Crippen molar-refractivity contribution in [3.05, 3.63) is 12.2 Å². The Morgan fingerprint density at radius 3 is 2.37 bits per heavy atom. The van der Waals surface area contributed by atoms with Gasteiger partial charge in [0.2, 0.25) is 5.91 Å². The van der Waals surface area contributed by atoms with Gasteiger partial charge in [0.25, 0.3) is 5.91 Å². The normalized spacial score (nSPS) is 17.4. The molecule has 1 N–H and O–H groups in total. The number of carbonyl (C=O) groups excluding carboxylic acids is 3. The van der Waals surface area contributed by atoms with E-state index in [4.69, 9.17) is 0 Å². The predicted molar refractivity (Wildman–Crippen MR) is 71.4 cm³/mol. The van der Waals surface area contributed by atoms with E-state index in [1.165, 1.54) is 0 Å². The molecule has 0 atom stereocenters. The summed E-state index contributed by atoms with van der Waals surface area (Å²) in [4.78, 5) is 38.2. The van der Waals surface area contributed by atoms with Gasteiger partial charge in [0, 0.05) is 13.1 Å². The number of imide groups is 1. The van der Waals surface area contributed by atoms with Crippen LogP contribution in [0.4, 0.5) is 4.79 Å². The molecule has 0 aromatic rings. The number of likely N-dealkylation sites (N-methyl/N-ethyl adjacent to an activating group) is 1. The minimum atomic E-state index is -0.942. The molecule has 1 aliphatic heterocycles. The first-order chi connectivity index (χ1) is 8.69. The highest BCUT2D eigenvalue weighted by molar-refractivity contribution is 6.08. The van der Waals surface area contributed by atoms with Crippen LogP contribution in [0, 0.1) is 0 Å².